The first-order valence-electron chi connectivity index (χ1n) is 7.89. The van der Waals surface area contributed by atoms with Gasteiger partial charge in [0, 0.05) is 24.7 Å². The molecular weight excluding hydrogens is 430 g/mol. The number of hydrogen-bond acceptors (Lipinski definition) is 3. The van der Waals surface area contributed by atoms with Crippen LogP contribution in [0.1, 0.15) is 18.4 Å². The molecule has 0 aliphatic heterocycles. The number of carbonyl (C=O) groups excluding carboxylic acids is 2. The monoisotopic (exact) mass is 442 g/mol. The van der Waals surface area contributed by atoms with Crippen LogP contribution in [0.5, 0.6) is 0 Å². The third-order valence-electron chi connectivity index (χ3n) is 3.39. The van der Waals surface area contributed by atoms with Crippen LogP contribution >= 0.6 is 11.6 Å². The highest BCUT2D eigenvalue weighted by Gasteiger charge is 2.33. The molecule has 1 heterocycles. The Bertz CT molecular complexity index is 894. The summed E-state index contributed by atoms with van der Waals surface area (Å²) in [5.41, 5.74) is -1.27. The van der Waals surface area contributed by atoms with Crippen molar-refractivity contribution in [2.24, 2.45) is 0 Å². The van der Waals surface area contributed by atoms with Gasteiger partial charge in [-0.1, -0.05) is 11.6 Å². The zero-order valence-corrected chi connectivity index (χ0v) is 15.1. The van der Waals surface area contributed by atoms with Crippen molar-refractivity contribution in [3.05, 3.63) is 41.2 Å². The average Bonchev–Trinajstić information content (AvgIpc) is 2.98. The minimum absolute atomic E-state index is 0.00665. The van der Waals surface area contributed by atoms with Gasteiger partial charge >= 0.3 is 12.4 Å². The molecule has 0 radical (unpaired) electrons. The second-order valence-corrected chi connectivity index (χ2v) is 6.24. The Morgan fingerprint density at radius 2 is 1.59 bits per heavy atom. The summed E-state index contributed by atoms with van der Waals surface area (Å²) in [6, 6.07) is 2.81. The maximum Gasteiger partial charge on any atom is 0.417 e. The number of anilines is 2. The Morgan fingerprint density at radius 1 is 1.00 bits per heavy atom. The molecule has 0 aliphatic rings. The molecule has 0 aliphatic carbocycles. The summed E-state index contributed by atoms with van der Waals surface area (Å²) in [6.45, 7) is -1.33. The van der Waals surface area contributed by atoms with Crippen molar-refractivity contribution in [3.8, 4) is 0 Å². The smallest absolute Gasteiger partial charge is 0.326 e. The maximum absolute atomic E-state index is 12.8. The van der Waals surface area contributed by atoms with E-state index in [-0.39, 0.29) is 24.2 Å². The van der Waals surface area contributed by atoms with Crippen LogP contribution < -0.4 is 10.6 Å². The molecule has 158 valence electrons. The summed E-state index contributed by atoms with van der Waals surface area (Å²) in [6.07, 6.45) is -7.91. The van der Waals surface area contributed by atoms with Crippen LogP contribution in [0.15, 0.2) is 30.6 Å². The van der Waals surface area contributed by atoms with Crippen molar-refractivity contribution in [3.63, 3.8) is 0 Å². The molecule has 0 saturated carbocycles. The second kappa shape index (κ2) is 8.72. The fourth-order valence-electron chi connectivity index (χ4n) is 2.19. The van der Waals surface area contributed by atoms with Gasteiger partial charge in [-0.2, -0.15) is 31.4 Å². The van der Waals surface area contributed by atoms with E-state index < -0.39 is 41.3 Å². The van der Waals surface area contributed by atoms with Gasteiger partial charge in [-0.05, 0) is 18.2 Å². The third kappa shape index (κ3) is 7.29. The molecule has 0 bridgehead atoms. The number of nitrogens with zero attached hydrogens (tertiary/aromatic N) is 2. The van der Waals surface area contributed by atoms with Crippen molar-refractivity contribution in [2.75, 3.05) is 10.6 Å². The standard InChI is InChI=1S/C16H13ClF6N4O2/c17-12-2-1-9(5-11(12)16(21,22)23)25-13(28)3-4-14(29)26-10-6-24-27(7-10)8-15(18,19)20/h1-2,5-7H,3-4,8H2,(H,25,28)(H,26,29). The predicted molar refractivity (Wildman–Crippen MR) is 91.2 cm³/mol. The number of aromatic nitrogens is 2. The third-order valence-corrected chi connectivity index (χ3v) is 3.72. The van der Waals surface area contributed by atoms with E-state index in [1.54, 1.807) is 0 Å². The molecule has 2 rings (SSSR count). The maximum atomic E-state index is 12.8. The zero-order valence-electron chi connectivity index (χ0n) is 14.4. The van der Waals surface area contributed by atoms with Gasteiger partial charge in [0.2, 0.25) is 11.8 Å². The lowest BCUT2D eigenvalue weighted by Gasteiger charge is -2.11. The Labute approximate surface area is 164 Å². The fourth-order valence-corrected chi connectivity index (χ4v) is 2.42. The molecule has 6 nitrogen and oxygen atoms in total. The van der Waals surface area contributed by atoms with Gasteiger partial charge in [-0.25, -0.2) is 0 Å². The Hall–Kier alpha value is -2.76. The fraction of sp³-hybridized carbons (Fsp3) is 0.312. The summed E-state index contributed by atoms with van der Waals surface area (Å²) in [7, 11) is 0. The van der Waals surface area contributed by atoms with E-state index in [0.717, 1.165) is 18.5 Å². The molecule has 0 fully saturated rings. The summed E-state index contributed by atoms with van der Waals surface area (Å²) in [4.78, 5) is 23.6. The van der Waals surface area contributed by atoms with Crippen molar-refractivity contribution >= 4 is 34.8 Å². The minimum Gasteiger partial charge on any atom is -0.326 e. The van der Waals surface area contributed by atoms with Gasteiger partial charge in [-0.15, -0.1) is 0 Å². The van der Waals surface area contributed by atoms with Gasteiger partial charge in [0.05, 0.1) is 22.5 Å². The van der Waals surface area contributed by atoms with Crippen LogP contribution in [0.25, 0.3) is 0 Å². The molecule has 0 atom stereocenters. The van der Waals surface area contributed by atoms with Crippen LogP contribution in [0.3, 0.4) is 0 Å². The molecule has 0 saturated heterocycles. The number of carbonyl (C=O) groups is 2. The summed E-state index contributed by atoms with van der Waals surface area (Å²) < 4.78 is 75.7. The molecule has 0 spiro atoms. The number of halogens is 7. The lowest BCUT2D eigenvalue weighted by Crippen LogP contribution is -2.18. The summed E-state index contributed by atoms with van der Waals surface area (Å²) >= 11 is 5.48. The largest absolute Gasteiger partial charge is 0.417 e. The number of nitrogens with one attached hydrogen (secondary N) is 2. The number of alkyl halides is 6. The lowest BCUT2D eigenvalue weighted by molar-refractivity contribution is -0.142. The zero-order chi connectivity index (χ0) is 21.8. The number of hydrogen-bond donors (Lipinski definition) is 2. The highest BCUT2D eigenvalue weighted by atomic mass is 35.5. The van der Waals surface area contributed by atoms with Crippen LogP contribution in [0.2, 0.25) is 5.02 Å². The van der Waals surface area contributed by atoms with Gasteiger partial charge in [0.25, 0.3) is 0 Å². The second-order valence-electron chi connectivity index (χ2n) is 5.83. The number of amides is 2. The highest BCUT2D eigenvalue weighted by Crippen LogP contribution is 2.36. The quantitative estimate of drug-likeness (QED) is 0.648. The van der Waals surface area contributed by atoms with E-state index in [2.05, 4.69) is 15.7 Å². The van der Waals surface area contributed by atoms with Crippen molar-refractivity contribution in [1.29, 1.82) is 0 Å². The molecule has 13 heteroatoms. The van der Waals surface area contributed by atoms with Crippen molar-refractivity contribution < 1.29 is 35.9 Å². The average molecular weight is 443 g/mol. The highest BCUT2D eigenvalue weighted by molar-refractivity contribution is 6.31. The first-order chi connectivity index (χ1) is 13.3. The topological polar surface area (TPSA) is 76.0 Å². The molecule has 2 amide bonds. The molecule has 29 heavy (non-hydrogen) atoms. The number of rotatable bonds is 6. The first-order valence-corrected chi connectivity index (χ1v) is 8.27. The van der Waals surface area contributed by atoms with Gasteiger partial charge in [0.15, 0.2) is 0 Å². The lowest BCUT2D eigenvalue weighted by atomic mass is 10.2. The summed E-state index contributed by atoms with van der Waals surface area (Å²) in [5.74, 6) is -1.41. The van der Waals surface area contributed by atoms with Crippen LogP contribution in [0.4, 0.5) is 37.7 Å². The van der Waals surface area contributed by atoms with Gasteiger partial charge in [0.1, 0.15) is 6.54 Å². The van der Waals surface area contributed by atoms with E-state index in [9.17, 15) is 35.9 Å². The van der Waals surface area contributed by atoms with E-state index in [0.29, 0.717) is 10.7 Å². The van der Waals surface area contributed by atoms with Crippen LogP contribution in [-0.2, 0) is 22.3 Å². The Kier molecular flexibility index (Phi) is 6.77. The van der Waals surface area contributed by atoms with Crippen molar-refractivity contribution in [2.45, 2.75) is 31.7 Å². The molecule has 0 unspecified atom stereocenters. The van der Waals surface area contributed by atoms with Crippen LogP contribution in [-0.4, -0.2) is 27.8 Å². The summed E-state index contributed by atoms with van der Waals surface area (Å²) in [5, 5.41) is 7.39. The van der Waals surface area contributed by atoms with Crippen molar-refractivity contribution in [1.82, 2.24) is 9.78 Å². The Morgan fingerprint density at radius 3 is 2.14 bits per heavy atom. The van der Waals surface area contributed by atoms with Crippen LogP contribution in [0, 0.1) is 0 Å². The molecule has 1 aromatic heterocycles. The molecule has 2 N–H and O–H groups in total. The molecule has 1 aromatic carbocycles. The van der Waals surface area contributed by atoms with E-state index in [1.807, 2.05) is 0 Å². The molecule has 2 aromatic rings. The number of benzene rings is 1. The van der Waals surface area contributed by atoms with E-state index in [1.165, 1.54) is 6.07 Å². The molecular formula is C16H13ClF6N4O2. The van der Waals surface area contributed by atoms with E-state index in [4.69, 9.17) is 11.6 Å². The Balaban J connectivity index is 1.86. The first kappa shape index (κ1) is 22.5. The van der Waals surface area contributed by atoms with Gasteiger partial charge in [-0.3, -0.25) is 14.3 Å². The van der Waals surface area contributed by atoms with E-state index >= 15 is 0 Å². The SMILES string of the molecule is O=C(CCC(=O)Nc1cnn(CC(F)(F)F)c1)Nc1ccc(Cl)c(C(F)(F)F)c1. The minimum atomic E-state index is -4.70. The van der Waals surface area contributed by atoms with Gasteiger partial charge < -0.3 is 10.6 Å². The predicted octanol–water partition coefficient (Wildman–Crippen LogP) is 4.48. The normalized spacial score (nSPS) is 12.0.